The number of amides is 1. The number of rotatable bonds is 8. The summed E-state index contributed by atoms with van der Waals surface area (Å²) in [6.45, 7) is 5.23. The standard InChI is InChI=1S/C21H27FN4O2/c1-4-23-21(24-11-10-16-9-8-15(2)19(12-16)28-3)25-14-20(27)26-18-7-5-6-17(22)13-18/h5-9,12-13H,4,10-11,14H2,1-3H3,(H,26,27)(H2,23,24,25). The van der Waals surface area contributed by atoms with Gasteiger partial charge < -0.3 is 20.7 Å². The molecule has 0 aliphatic heterocycles. The molecule has 7 heteroatoms. The summed E-state index contributed by atoms with van der Waals surface area (Å²) in [4.78, 5) is 16.3. The minimum absolute atomic E-state index is 0.0653. The Hall–Kier alpha value is -3.09. The number of nitrogens with one attached hydrogen (secondary N) is 3. The SMILES string of the molecule is CCNC(=NCC(=O)Nc1cccc(F)c1)NCCc1ccc(C)c(OC)c1. The van der Waals surface area contributed by atoms with Crippen LogP contribution in [0.4, 0.5) is 10.1 Å². The Morgan fingerprint density at radius 2 is 2.00 bits per heavy atom. The van der Waals surface area contributed by atoms with E-state index in [9.17, 15) is 9.18 Å². The van der Waals surface area contributed by atoms with Crippen LogP contribution in [0.1, 0.15) is 18.1 Å². The maximum absolute atomic E-state index is 13.2. The van der Waals surface area contributed by atoms with Crippen molar-refractivity contribution < 1.29 is 13.9 Å². The highest BCUT2D eigenvalue weighted by Crippen LogP contribution is 2.19. The lowest BCUT2D eigenvalue weighted by Crippen LogP contribution is -2.39. The molecule has 0 saturated carbocycles. The van der Waals surface area contributed by atoms with Crippen molar-refractivity contribution in [3.63, 3.8) is 0 Å². The molecule has 2 rings (SSSR count). The topological polar surface area (TPSA) is 74.8 Å². The van der Waals surface area contributed by atoms with Gasteiger partial charge in [0.15, 0.2) is 5.96 Å². The highest BCUT2D eigenvalue weighted by atomic mass is 19.1. The van der Waals surface area contributed by atoms with Gasteiger partial charge in [0.2, 0.25) is 5.91 Å². The molecule has 2 aromatic rings. The molecule has 0 saturated heterocycles. The quantitative estimate of drug-likeness (QED) is 0.482. The van der Waals surface area contributed by atoms with Crippen LogP contribution in [0.25, 0.3) is 0 Å². The summed E-state index contributed by atoms with van der Waals surface area (Å²) in [6, 6.07) is 11.9. The molecule has 0 bridgehead atoms. The second-order valence-electron chi connectivity index (χ2n) is 6.23. The molecule has 0 spiro atoms. The van der Waals surface area contributed by atoms with Crippen LogP contribution in [0.3, 0.4) is 0 Å². The van der Waals surface area contributed by atoms with Gasteiger partial charge in [0, 0.05) is 18.8 Å². The molecule has 150 valence electrons. The summed E-state index contributed by atoms with van der Waals surface area (Å²) >= 11 is 0. The van der Waals surface area contributed by atoms with Crippen molar-refractivity contribution in [2.24, 2.45) is 4.99 Å². The zero-order chi connectivity index (χ0) is 20.4. The first-order valence-electron chi connectivity index (χ1n) is 9.23. The lowest BCUT2D eigenvalue weighted by molar-refractivity contribution is -0.114. The van der Waals surface area contributed by atoms with Gasteiger partial charge in [0.05, 0.1) is 7.11 Å². The van der Waals surface area contributed by atoms with Crippen molar-refractivity contribution in [1.29, 1.82) is 0 Å². The number of aryl methyl sites for hydroxylation is 1. The lowest BCUT2D eigenvalue weighted by Gasteiger charge is -2.12. The van der Waals surface area contributed by atoms with E-state index < -0.39 is 5.82 Å². The summed E-state index contributed by atoms with van der Waals surface area (Å²) in [5, 5.41) is 8.94. The molecule has 28 heavy (non-hydrogen) atoms. The Morgan fingerprint density at radius 3 is 2.71 bits per heavy atom. The molecule has 3 N–H and O–H groups in total. The molecule has 0 fully saturated rings. The van der Waals surface area contributed by atoms with Crippen LogP contribution in [0.2, 0.25) is 0 Å². The van der Waals surface area contributed by atoms with Crippen LogP contribution >= 0.6 is 0 Å². The molecular formula is C21H27FN4O2. The monoisotopic (exact) mass is 386 g/mol. The predicted octanol–water partition coefficient (Wildman–Crippen LogP) is 2.88. The van der Waals surface area contributed by atoms with Gasteiger partial charge in [0.25, 0.3) is 0 Å². The van der Waals surface area contributed by atoms with Crippen LogP contribution in [0, 0.1) is 12.7 Å². The van der Waals surface area contributed by atoms with E-state index in [1.54, 1.807) is 19.2 Å². The number of guanidine groups is 1. The molecule has 0 atom stereocenters. The molecule has 0 aliphatic rings. The first-order valence-corrected chi connectivity index (χ1v) is 9.23. The molecule has 1 amide bonds. The lowest BCUT2D eigenvalue weighted by atomic mass is 10.1. The summed E-state index contributed by atoms with van der Waals surface area (Å²) in [5.41, 5.74) is 2.65. The average molecular weight is 386 g/mol. The van der Waals surface area contributed by atoms with Gasteiger partial charge in [-0.1, -0.05) is 18.2 Å². The second kappa shape index (κ2) is 10.9. The Kier molecular flexibility index (Phi) is 8.27. The largest absolute Gasteiger partial charge is 0.496 e. The number of halogens is 1. The van der Waals surface area contributed by atoms with Crippen molar-refractivity contribution in [2.75, 3.05) is 32.1 Å². The van der Waals surface area contributed by atoms with Crippen LogP contribution in [-0.4, -0.2) is 38.6 Å². The third-order valence-corrected chi connectivity index (χ3v) is 4.01. The number of aliphatic imine (C=N–C) groups is 1. The summed E-state index contributed by atoms with van der Waals surface area (Å²) < 4.78 is 18.5. The summed E-state index contributed by atoms with van der Waals surface area (Å²) in [6.07, 6.45) is 0.788. The van der Waals surface area contributed by atoms with Gasteiger partial charge >= 0.3 is 0 Å². The number of nitrogens with zero attached hydrogens (tertiary/aromatic N) is 1. The van der Waals surface area contributed by atoms with Gasteiger partial charge in [-0.2, -0.15) is 0 Å². The number of hydrogen-bond acceptors (Lipinski definition) is 3. The third-order valence-electron chi connectivity index (χ3n) is 4.01. The van der Waals surface area contributed by atoms with Crippen molar-refractivity contribution in [1.82, 2.24) is 10.6 Å². The zero-order valence-corrected chi connectivity index (χ0v) is 16.5. The van der Waals surface area contributed by atoms with Gasteiger partial charge in [-0.05, 0) is 55.7 Å². The first-order chi connectivity index (χ1) is 13.5. The fourth-order valence-electron chi connectivity index (χ4n) is 2.60. The Balaban J connectivity index is 1.86. The van der Waals surface area contributed by atoms with Gasteiger partial charge in [-0.3, -0.25) is 4.79 Å². The maximum atomic E-state index is 13.2. The van der Waals surface area contributed by atoms with Crippen LogP contribution < -0.4 is 20.7 Å². The van der Waals surface area contributed by atoms with E-state index in [4.69, 9.17) is 4.74 Å². The minimum atomic E-state index is -0.399. The van der Waals surface area contributed by atoms with Gasteiger partial charge in [-0.15, -0.1) is 0 Å². The van der Waals surface area contributed by atoms with Gasteiger partial charge in [-0.25, -0.2) is 9.38 Å². The van der Waals surface area contributed by atoms with E-state index in [-0.39, 0.29) is 12.5 Å². The van der Waals surface area contributed by atoms with Crippen molar-refractivity contribution in [2.45, 2.75) is 20.3 Å². The second-order valence-corrected chi connectivity index (χ2v) is 6.23. The Morgan fingerprint density at radius 1 is 1.18 bits per heavy atom. The molecular weight excluding hydrogens is 359 g/mol. The summed E-state index contributed by atoms with van der Waals surface area (Å²) in [7, 11) is 1.66. The van der Waals surface area contributed by atoms with E-state index >= 15 is 0 Å². The Bertz CT molecular complexity index is 824. The molecule has 0 aliphatic carbocycles. The van der Waals surface area contributed by atoms with E-state index in [1.165, 1.54) is 12.1 Å². The van der Waals surface area contributed by atoms with E-state index in [1.807, 2.05) is 26.0 Å². The van der Waals surface area contributed by atoms with Crippen molar-refractivity contribution in [3.05, 3.63) is 59.4 Å². The zero-order valence-electron chi connectivity index (χ0n) is 16.5. The van der Waals surface area contributed by atoms with E-state index in [0.29, 0.717) is 24.7 Å². The van der Waals surface area contributed by atoms with E-state index in [2.05, 4.69) is 27.0 Å². The highest BCUT2D eigenvalue weighted by Gasteiger charge is 2.05. The molecule has 6 nitrogen and oxygen atoms in total. The van der Waals surface area contributed by atoms with Crippen LogP contribution in [0.5, 0.6) is 5.75 Å². The number of benzene rings is 2. The number of carbonyl (C=O) groups excluding carboxylic acids is 1. The molecule has 0 heterocycles. The number of anilines is 1. The highest BCUT2D eigenvalue weighted by molar-refractivity contribution is 5.94. The van der Waals surface area contributed by atoms with Gasteiger partial charge in [0.1, 0.15) is 18.1 Å². The number of ether oxygens (including phenoxy) is 1. The maximum Gasteiger partial charge on any atom is 0.246 e. The number of methoxy groups -OCH3 is 1. The Labute approximate surface area is 165 Å². The molecule has 0 unspecified atom stereocenters. The molecule has 0 aromatic heterocycles. The predicted molar refractivity (Wildman–Crippen MR) is 110 cm³/mol. The normalized spacial score (nSPS) is 11.1. The van der Waals surface area contributed by atoms with Crippen LogP contribution in [0.15, 0.2) is 47.5 Å². The van der Waals surface area contributed by atoms with E-state index in [0.717, 1.165) is 23.3 Å². The fraction of sp³-hybridized carbons (Fsp3) is 0.333. The number of hydrogen-bond donors (Lipinski definition) is 3. The third kappa shape index (κ3) is 6.90. The minimum Gasteiger partial charge on any atom is -0.496 e. The average Bonchev–Trinajstić information content (AvgIpc) is 2.67. The first kappa shape index (κ1) is 21.2. The number of carbonyl (C=O) groups is 1. The van der Waals surface area contributed by atoms with Crippen molar-refractivity contribution in [3.8, 4) is 5.75 Å². The fourth-order valence-corrected chi connectivity index (χ4v) is 2.60. The molecule has 2 aromatic carbocycles. The summed E-state index contributed by atoms with van der Waals surface area (Å²) in [5.74, 6) is 0.707. The van der Waals surface area contributed by atoms with Crippen molar-refractivity contribution >= 4 is 17.6 Å². The smallest absolute Gasteiger partial charge is 0.246 e. The molecule has 0 radical (unpaired) electrons. The van der Waals surface area contributed by atoms with Crippen LogP contribution in [-0.2, 0) is 11.2 Å².